The van der Waals surface area contributed by atoms with Crippen LogP contribution in [0.3, 0.4) is 0 Å². The molecule has 0 radical (unpaired) electrons. The normalized spacial score (nSPS) is 22.7. The van der Waals surface area contributed by atoms with Gasteiger partial charge in [0.2, 0.25) is 0 Å². The second-order valence-corrected chi connectivity index (χ2v) is 6.77. The molecule has 2 aliphatic rings. The van der Waals surface area contributed by atoms with Gasteiger partial charge in [0.15, 0.2) is 0 Å². The number of hydrogen-bond acceptors (Lipinski definition) is 3. The van der Waals surface area contributed by atoms with Gasteiger partial charge in [-0.2, -0.15) is 0 Å². The molecule has 1 aromatic carbocycles. The van der Waals surface area contributed by atoms with Crippen LogP contribution >= 0.6 is 0 Å². The van der Waals surface area contributed by atoms with Crippen LogP contribution in [0, 0.1) is 5.41 Å². The standard InChI is InChI=1S/C17H24N2O2/c1-18-9-6-17(7-10-18)8-11-19(13-17)12-14-2-4-15(5-3-14)16(20)21/h2-5H,6-13H2,1H3,(H,20,21). The van der Waals surface area contributed by atoms with Crippen molar-refractivity contribution in [3.63, 3.8) is 0 Å². The van der Waals surface area contributed by atoms with Gasteiger partial charge in [0, 0.05) is 13.1 Å². The van der Waals surface area contributed by atoms with Crippen LogP contribution in [0.5, 0.6) is 0 Å². The number of carboxylic acid groups (broad SMARTS) is 1. The molecule has 2 fully saturated rings. The summed E-state index contributed by atoms with van der Waals surface area (Å²) in [5.74, 6) is -0.854. The Balaban J connectivity index is 1.58. The number of aromatic carboxylic acids is 1. The van der Waals surface area contributed by atoms with E-state index >= 15 is 0 Å². The predicted octanol–water partition coefficient (Wildman–Crippen LogP) is 2.30. The largest absolute Gasteiger partial charge is 0.478 e. The molecule has 1 aromatic rings. The number of nitrogens with zero attached hydrogens (tertiary/aromatic N) is 2. The third kappa shape index (κ3) is 3.27. The minimum absolute atomic E-state index is 0.368. The van der Waals surface area contributed by atoms with Crippen molar-refractivity contribution in [1.29, 1.82) is 0 Å². The number of piperidine rings is 1. The van der Waals surface area contributed by atoms with Crippen molar-refractivity contribution >= 4 is 5.97 Å². The lowest BCUT2D eigenvalue weighted by Crippen LogP contribution is -2.39. The van der Waals surface area contributed by atoms with Crippen molar-refractivity contribution in [2.45, 2.75) is 25.8 Å². The van der Waals surface area contributed by atoms with Gasteiger partial charge in [0.1, 0.15) is 0 Å². The van der Waals surface area contributed by atoms with Crippen LogP contribution in [0.15, 0.2) is 24.3 Å². The van der Waals surface area contributed by atoms with Gasteiger partial charge in [0.05, 0.1) is 5.56 Å². The van der Waals surface area contributed by atoms with Gasteiger partial charge < -0.3 is 10.0 Å². The first-order valence-electron chi connectivity index (χ1n) is 7.80. The molecular weight excluding hydrogens is 264 g/mol. The smallest absolute Gasteiger partial charge is 0.335 e. The van der Waals surface area contributed by atoms with E-state index < -0.39 is 5.97 Å². The summed E-state index contributed by atoms with van der Waals surface area (Å²) in [6, 6.07) is 7.31. The zero-order valence-corrected chi connectivity index (χ0v) is 12.7. The highest BCUT2D eigenvalue weighted by Gasteiger charge is 2.39. The maximum Gasteiger partial charge on any atom is 0.335 e. The molecule has 2 aliphatic heterocycles. The first-order chi connectivity index (χ1) is 10.1. The number of likely N-dealkylation sites (tertiary alicyclic amines) is 2. The number of hydrogen-bond donors (Lipinski definition) is 1. The molecule has 4 nitrogen and oxygen atoms in total. The van der Waals surface area contributed by atoms with E-state index in [1.54, 1.807) is 12.1 Å². The van der Waals surface area contributed by atoms with Crippen molar-refractivity contribution in [3.05, 3.63) is 35.4 Å². The lowest BCUT2D eigenvalue weighted by atomic mass is 9.78. The molecule has 1 N–H and O–H groups in total. The maximum absolute atomic E-state index is 10.9. The molecule has 0 aliphatic carbocycles. The van der Waals surface area contributed by atoms with Crippen molar-refractivity contribution in [2.75, 3.05) is 33.2 Å². The minimum Gasteiger partial charge on any atom is -0.478 e. The maximum atomic E-state index is 10.9. The third-order valence-electron chi connectivity index (χ3n) is 5.17. The molecule has 4 heteroatoms. The molecule has 0 atom stereocenters. The van der Waals surface area contributed by atoms with E-state index in [0.29, 0.717) is 11.0 Å². The molecule has 114 valence electrons. The predicted molar refractivity (Wildman–Crippen MR) is 82.5 cm³/mol. The van der Waals surface area contributed by atoms with E-state index in [1.165, 1.54) is 51.0 Å². The zero-order chi connectivity index (χ0) is 14.9. The Kier molecular flexibility index (Phi) is 4.00. The minimum atomic E-state index is -0.854. The van der Waals surface area contributed by atoms with E-state index in [2.05, 4.69) is 16.8 Å². The van der Waals surface area contributed by atoms with Crippen molar-refractivity contribution in [1.82, 2.24) is 9.80 Å². The fraction of sp³-hybridized carbons (Fsp3) is 0.588. The molecule has 21 heavy (non-hydrogen) atoms. The van der Waals surface area contributed by atoms with Crippen LogP contribution in [0.2, 0.25) is 0 Å². The summed E-state index contributed by atoms with van der Waals surface area (Å²) in [7, 11) is 2.21. The molecule has 1 spiro atoms. The summed E-state index contributed by atoms with van der Waals surface area (Å²) in [6.45, 7) is 5.76. The average Bonchev–Trinajstić information content (AvgIpc) is 2.86. The van der Waals surface area contributed by atoms with Crippen LogP contribution < -0.4 is 0 Å². The number of rotatable bonds is 3. The average molecular weight is 288 g/mol. The van der Waals surface area contributed by atoms with Gasteiger partial charge in [-0.05, 0) is 69.1 Å². The molecule has 3 rings (SSSR count). The van der Waals surface area contributed by atoms with E-state index in [9.17, 15) is 4.79 Å². The zero-order valence-electron chi connectivity index (χ0n) is 12.7. The Morgan fingerprint density at radius 3 is 2.38 bits per heavy atom. The van der Waals surface area contributed by atoms with Crippen molar-refractivity contribution < 1.29 is 9.90 Å². The monoisotopic (exact) mass is 288 g/mol. The second-order valence-electron chi connectivity index (χ2n) is 6.77. The van der Waals surface area contributed by atoms with Gasteiger partial charge in [-0.15, -0.1) is 0 Å². The Morgan fingerprint density at radius 1 is 1.14 bits per heavy atom. The molecule has 0 bridgehead atoms. The van der Waals surface area contributed by atoms with Crippen LogP contribution in [0.4, 0.5) is 0 Å². The van der Waals surface area contributed by atoms with Gasteiger partial charge >= 0.3 is 5.97 Å². The van der Waals surface area contributed by atoms with Gasteiger partial charge in [-0.25, -0.2) is 4.79 Å². The molecule has 2 heterocycles. The quantitative estimate of drug-likeness (QED) is 0.927. The third-order valence-corrected chi connectivity index (χ3v) is 5.17. The van der Waals surface area contributed by atoms with E-state index in [-0.39, 0.29) is 0 Å². The summed E-state index contributed by atoms with van der Waals surface area (Å²) >= 11 is 0. The molecule has 0 unspecified atom stereocenters. The number of benzene rings is 1. The van der Waals surface area contributed by atoms with Crippen LogP contribution in [0.1, 0.15) is 35.2 Å². The highest BCUT2D eigenvalue weighted by Crippen LogP contribution is 2.40. The first kappa shape index (κ1) is 14.5. The molecule has 0 saturated carbocycles. The summed E-state index contributed by atoms with van der Waals surface area (Å²) < 4.78 is 0. The lowest BCUT2D eigenvalue weighted by Gasteiger charge is -2.37. The van der Waals surface area contributed by atoms with Crippen LogP contribution in [-0.2, 0) is 6.54 Å². The second kappa shape index (κ2) is 5.78. The fourth-order valence-electron chi connectivity index (χ4n) is 3.67. The molecule has 0 aromatic heterocycles. The van der Waals surface area contributed by atoms with E-state index in [1.807, 2.05) is 12.1 Å². The number of carboxylic acids is 1. The van der Waals surface area contributed by atoms with E-state index in [0.717, 1.165) is 6.54 Å². The van der Waals surface area contributed by atoms with E-state index in [4.69, 9.17) is 5.11 Å². The van der Waals surface area contributed by atoms with Gasteiger partial charge in [0.25, 0.3) is 0 Å². The Hall–Kier alpha value is -1.39. The number of carbonyl (C=O) groups is 1. The molecule has 0 amide bonds. The van der Waals surface area contributed by atoms with Crippen LogP contribution in [-0.4, -0.2) is 54.1 Å². The van der Waals surface area contributed by atoms with Gasteiger partial charge in [-0.1, -0.05) is 12.1 Å². The Labute approximate surface area is 126 Å². The fourth-order valence-corrected chi connectivity index (χ4v) is 3.67. The summed E-state index contributed by atoms with van der Waals surface area (Å²) in [6.07, 6.45) is 3.95. The summed E-state index contributed by atoms with van der Waals surface area (Å²) in [5, 5.41) is 8.93. The van der Waals surface area contributed by atoms with Crippen molar-refractivity contribution in [3.8, 4) is 0 Å². The Bertz CT molecular complexity index is 504. The van der Waals surface area contributed by atoms with Crippen molar-refractivity contribution in [2.24, 2.45) is 5.41 Å². The highest BCUT2D eigenvalue weighted by atomic mass is 16.4. The molecular formula is C17H24N2O2. The topological polar surface area (TPSA) is 43.8 Å². The summed E-state index contributed by atoms with van der Waals surface area (Å²) in [4.78, 5) is 15.8. The first-order valence-corrected chi connectivity index (χ1v) is 7.80. The molecule has 2 saturated heterocycles. The Morgan fingerprint density at radius 2 is 1.76 bits per heavy atom. The SMILES string of the molecule is CN1CCC2(CC1)CCN(Cc1ccc(C(=O)O)cc1)C2. The summed E-state index contributed by atoms with van der Waals surface area (Å²) in [5.41, 5.74) is 2.12. The van der Waals surface area contributed by atoms with Gasteiger partial charge in [-0.3, -0.25) is 4.90 Å². The van der Waals surface area contributed by atoms with Crippen LogP contribution in [0.25, 0.3) is 0 Å². The highest BCUT2D eigenvalue weighted by molar-refractivity contribution is 5.87. The lowest BCUT2D eigenvalue weighted by molar-refractivity contribution is 0.0697.